The van der Waals surface area contributed by atoms with Gasteiger partial charge in [-0.1, -0.05) is 24.3 Å². The SMILES string of the molecule is O=C(O)c1cc2ccc3cc(C(=O)O)cc4ccc(c1)c2c34.[LiH]. The van der Waals surface area contributed by atoms with Crippen molar-refractivity contribution in [2.75, 3.05) is 0 Å². The van der Waals surface area contributed by atoms with Gasteiger partial charge in [-0.15, -0.1) is 0 Å². The summed E-state index contributed by atoms with van der Waals surface area (Å²) in [6, 6.07) is 13.9. The number of hydrogen-bond donors (Lipinski definition) is 2. The molecule has 0 unspecified atom stereocenters. The van der Waals surface area contributed by atoms with Crippen LogP contribution in [0.25, 0.3) is 32.3 Å². The molecule has 4 aromatic carbocycles. The molecular weight excluding hydrogens is 287 g/mol. The van der Waals surface area contributed by atoms with E-state index in [4.69, 9.17) is 0 Å². The van der Waals surface area contributed by atoms with Crippen LogP contribution in [0.4, 0.5) is 0 Å². The van der Waals surface area contributed by atoms with Gasteiger partial charge in [0, 0.05) is 0 Å². The number of carbonyl (C=O) groups is 2. The third-order valence-corrected chi connectivity index (χ3v) is 4.03. The molecule has 2 N–H and O–H groups in total. The van der Waals surface area contributed by atoms with Crippen LogP contribution < -0.4 is 0 Å². The maximum absolute atomic E-state index is 11.2. The Kier molecular flexibility index (Phi) is 3.52. The monoisotopic (exact) mass is 298 g/mol. The van der Waals surface area contributed by atoms with E-state index in [9.17, 15) is 19.8 Å². The minimum absolute atomic E-state index is 0. The van der Waals surface area contributed by atoms with Crippen LogP contribution >= 0.6 is 0 Å². The van der Waals surface area contributed by atoms with Crippen molar-refractivity contribution in [1.82, 2.24) is 0 Å². The van der Waals surface area contributed by atoms with Crippen LogP contribution in [0.5, 0.6) is 0 Å². The van der Waals surface area contributed by atoms with Gasteiger partial charge >= 0.3 is 30.8 Å². The first-order valence-electron chi connectivity index (χ1n) is 6.74. The molecule has 0 amide bonds. The average molecular weight is 298 g/mol. The van der Waals surface area contributed by atoms with Crippen LogP contribution in [0.1, 0.15) is 20.7 Å². The summed E-state index contributed by atoms with van der Waals surface area (Å²) < 4.78 is 0. The summed E-state index contributed by atoms with van der Waals surface area (Å²) in [6.07, 6.45) is 0. The van der Waals surface area contributed by atoms with Gasteiger partial charge < -0.3 is 10.2 Å². The van der Waals surface area contributed by atoms with Gasteiger partial charge in [-0.3, -0.25) is 0 Å². The summed E-state index contributed by atoms with van der Waals surface area (Å²) in [6.45, 7) is 0. The summed E-state index contributed by atoms with van der Waals surface area (Å²) in [5, 5.41) is 23.7. The zero-order valence-corrected chi connectivity index (χ0v) is 11.3. The van der Waals surface area contributed by atoms with Gasteiger partial charge in [-0.05, 0) is 56.6 Å². The molecule has 0 saturated carbocycles. The molecule has 0 aliphatic heterocycles. The third-order valence-electron chi connectivity index (χ3n) is 4.03. The van der Waals surface area contributed by atoms with E-state index in [-0.39, 0.29) is 30.0 Å². The minimum atomic E-state index is -0.960. The van der Waals surface area contributed by atoms with Crippen molar-refractivity contribution in [3.63, 3.8) is 0 Å². The van der Waals surface area contributed by atoms with E-state index in [1.807, 2.05) is 24.3 Å². The Hall–Kier alpha value is -2.54. The normalized spacial score (nSPS) is 11.0. The number of carboxylic acids is 2. The van der Waals surface area contributed by atoms with E-state index in [0.717, 1.165) is 32.3 Å². The molecule has 4 aromatic rings. The Morgan fingerprint density at radius 2 is 0.870 bits per heavy atom. The number of carboxylic acid groups (broad SMARTS) is 2. The zero-order chi connectivity index (χ0) is 15.4. The molecule has 0 aromatic heterocycles. The van der Waals surface area contributed by atoms with Crippen LogP contribution in [0.15, 0.2) is 48.5 Å². The Balaban J connectivity index is 0.00000156. The molecule has 0 spiro atoms. The first-order valence-corrected chi connectivity index (χ1v) is 6.74. The van der Waals surface area contributed by atoms with Gasteiger partial charge in [0.05, 0.1) is 11.1 Å². The predicted octanol–water partition coefficient (Wildman–Crippen LogP) is 3.33. The van der Waals surface area contributed by atoms with E-state index in [1.54, 1.807) is 24.3 Å². The molecule has 0 heterocycles. The van der Waals surface area contributed by atoms with Gasteiger partial charge in [-0.25, -0.2) is 9.59 Å². The van der Waals surface area contributed by atoms with Crippen molar-refractivity contribution in [2.24, 2.45) is 0 Å². The van der Waals surface area contributed by atoms with Crippen LogP contribution in [-0.2, 0) is 0 Å². The van der Waals surface area contributed by atoms with Crippen molar-refractivity contribution in [3.05, 3.63) is 59.7 Å². The molecule has 0 radical (unpaired) electrons. The first kappa shape index (κ1) is 15.4. The summed E-state index contributed by atoms with van der Waals surface area (Å²) in [5.74, 6) is -1.92. The van der Waals surface area contributed by atoms with Crippen LogP contribution in [0.2, 0.25) is 0 Å². The molecule has 23 heavy (non-hydrogen) atoms. The van der Waals surface area contributed by atoms with E-state index < -0.39 is 11.9 Å². The van der Waals surface area contributed by atoms with Gasteiger partial charge in [0.25, 0.3) is 0 Å². The Morgan fingerprint density at radius 1 is 0.609 bits per heavy atom. The van der Waals surface area contributed by atoms with Crippen molar-refractivity contribution in [1.29, 1.82) is 0 Å². The summed E-state index contributed by atoms with van der Waals surface area (Å²) in [4.78, 5) is 22.4. The van der Waals surface area contributed by atoms with Crippen molar-refractivity contribution in [3.8, 4) is 0 Å². The second-order valence-corrected chi connectivity index (χ2v) is 5.34. The molecular formula is C18H11LiO4. The molecule has 5 heteroatoms. The van der Waals surface area contributed by atoms with Crippen LogP contribution in [-0.4, -0.2) is 41.0 Å². The van der Waals surface area contributed by atoms with E-state index in [2.05, 4.69) is 0 Å². The topological polar surface area (TPSA) is 74.6 Å². The fourth-order valence-corrected chi connectivity index (χ4v) is 3.08. The first-order chi connectivity index (χ1) is 10.5. The van der Waals surface area contributed by atoms with Crippen molar-refractivity contribution in [2.45, 2.75) is 0 Å². The number of aromatic carboxylic acids is 2. The summed E-state index contributed by atoms with van der Waals surface area (Å²) in [7, 11) is 0. The summed E-state index contributed by atoms with van der Waals surface area (Å²) in [5.41, 5.74) is 0.495. The number of rotatable bonds is 2. The quantitative estimate of drug-likeness (QED) is 0.439. The van der Waals surface area contributed by atoms with Gasteiger partial charge in [0.1, 0.15) is 0 Å². The van der Waals surface area contributed by atoms with Crippen LogP contribution in [0, 0.1) is 0 Å². The molecule has 108 valence electrons. The number of benzene rings is 4. The molecule has 0 aliphatic rings. The average Bonchev–Trinajstić information content (AvgIpc) is 2.51. The van der Waals surface area contributed by atoms with E-state index in [1.165, 1.54) is 0 Å². The van der Waals surface area contributed by atoms with E-state index in [0.29, 0.717) is 0 Å². The maximum atomic E-state index is 11.2. The fourth-order valence-electron chi connectivity index (χ4n) is 3.08. The predicted molar refractivity (Wildman–Crippen MR) is 91.2 cm³/mol. The third kappa shape index (κ3) is 2.24. The standard InChI is InChI=1S/C18H10O4.Li.H/c19-17(20)13-5-9-1-2-10-6-14(18(21)22)8-12-4-3-11(7-13)15(9)16(10)12;;/h1-8H,(H,19,20)(H,21,22);;. The Morgan fingerprint density at radius 3 is 1.09 bits per heavy atom. The molecule has 0 atom stereocenters. The second kappa shape index (κ2) is 5.27. The summed E-state index contributed by atoms with van der Waals surface area (Å²) >= 11 is 0. The van der Waals surface area contributed by atoms with Gasteiger partial charge in [0.2, 0.25) is 0 Å². The van der Waals surface area contributed by atoms with Crippen molar-refractivity contribution < 1.29 is 19.8 Å². The van der Waals surface area contributed by atoms with Gasteiger partial charge in [0.15, 0.2) is 0 Å². The van der Waals surface area contributed by atoms with Crippen LogP contribution in [0.3, 0.4) is 0 Å². The Labute approximate surface area is 142 Å². The fraction of sp³-hybridized carbons (Fsp3) is 0. The zero-order valence-electron chi connectivity index (χ0n) is 11.3. The van der Waals surface area contributed by atoms with Crippen molar-refractivity contribution >= 4 is 63.1 Å². The molecule has 4 rings (SSSR count). The molecule has 0 fully saturated rings. The van der Waals surface area contributed by atoms with Gasteiger partial charge in [-0.2, -0.15) is 0 Å². The molecule has 0 saturated heterocycles. The number of hydrogen-bond acceptors (Lipinski definition) is 2. The molecule has 0 aliphatic carbocycles. The molecule has 0 bridgehead atoms. The second-order valence-electron chi connectivity index (χ2n) is 5.34. The molecule has 4 nitrogen and oxygen atoms in total. The Bertz CT molecular complexity index is 931. The van der Waals surface area contributed by atoms with E-state index >= 15 is 0 Å².